The Labute approximate surface area is 100 Å². The van der Waals surface area contributed by atoms with Crippen molar-refractivity contribution in [1.29, 1.82) is 5.26 Å². The lowest BCUT2D eigenvalue weighted by atomic mass is 10.1. The molecular formula is C12H15N3O2. The fourth-order valence-electron chi connectivity index (χ4n) is 1.37. The standard InChI is InChI=1S/C12H15N3O2/c1-9(2-3-12(16)17)8-15-10-4-5-14-11(6-10)7-13/h4-6,9H,2-3,8H2,1H3,(H,14,15)(H,16,17). The third kappa shape index (κ3) is 4.98. The molecule has 1 rings (SSSR count). The maximum Gasteiger partial charge on any atom is 0.303 e. The second kappa shape index (κ2) is 6.48. The number of carboxylic acid groups (broad SMARTS) is 1. The third-order valence-corrected chi connectivity index (χ3v) is 2.38. The van der Waals surface area contributed by atoms with Crippen LogP contribution in [0.1, 0.15) is 25.5 Å². The highest BCUT2D eigenvalue weighted by molar-refractivity contribution is 5.66. The van der Waals surface area contributed by atoms with E-state index in [0.717, 1.165) is 5.69 Å². The van der Waals surface area contributed by atoms with Gasteiger partial charge in [0.25, 0.3) is 0 Å². The number of carboxylic acids is 1. The number of nitrogens with one attached hydrogen (secondary N) is 1. The van der Waals surface area contributed by atoms with Gasteiger partial charge in [-0.25, -0.2) is 4.98 Å². The molecule has 17 heavy (non-hydrogen) atoms. The first-order valence-electron chi connectivity index (χ1n) is 5.43. The van der Waals surface area contributed by atoms with Gasteiger partial charge in [-0.2, -0.15) is 5.26 Å². The number of aliphatic carboxylic acids is 1. The van der Waals surface area contributed by atoms with Crippen LogP contribution in [0.3, 0.4) is 0 Å². The summed E-state index contributed by atoms with van der Waals surface area (Å²) in [7, 11) is 0. The summed E-state index contributed by atoms with van der Waals surface area (Å²) in [5.74, 6) is -0.502. The molecule has 2 N–H and O–H groups in total. The van der Waals surface area contributed by atoms with Gasteiger partial charge in [0.1, 0.15) is 11.8 Å². The number of rotatable bonds is 6. The van der Waals surface area contributed by atoms with Crippen molar-refractivity contribution in [1.82, 2.24) is 4.98 Å². The van der Waals surface area contributed by atoms with Crippen molar-refractivity contribution in [3.05, 3.63) is 24.0 Å². The Kier molecular flexibility index (Phi) is 4.95. The Balaban J connectivity index is 2.39. The Morgan fingerprint density at radius 1 is 1.71 bits per heavy atom. The first kappa shape index (κ1) is 13.0. The number of aromatic nitrogens is 1. The number of hydrogen-bond donors (Lipinski definition) is 2. The molecule has 1 heterocycles. The molecule has 1 aromatic heterocycles. The molecule has 0 aromatic carbocycles. The Bertz CT molecular complexity index is 426. The van der Waals surface area contributed by atoms with Gasteiger partial charge in [-0.05, 0) is 24.5 Å². The summed E-state index contributed by atoms with van der Waals surface area (Å²) in [4.78, 5) is 14.3. The second-order valence-corrected chi connectivity index (χ2v) is 3.96. The molecule has 0 aliphatic rings. The zero-order valence-corrected chi connectivity index (χ0v) is 9.68. The highest BCUT2D eigenvalue weighted by atomic mass is 16.4. The first-order valence-corrected chi connectivity index (χ1v) is 5.43. The van der Waals surface area contributed by atoms with Crippen LogP contribution in [0.2, 0.25) is 0 Å². The molecule has 0 radical (unpaired) electrons. The van der Waals surface area contributed by atoms with Crippen LogP contribution in [0, 0.1) is 17.2 Å². The average Bonchev–Trinajstić information content (AvgIpc) is 2.34. The maximum absolute atomic E-state index is 10.4. The zero-order chi connectivity index (χ0) is 12.7. The fourth-order valence-corrected chi connectivity index (χ4v) is 1.37. The van der Waals surface area contributed by atoms with Crippen LogP contribution in [-0.2, 0) is 4.79 Å². The van der Waals surface area contributed by atoms with Gasteiger partial charge >= 0.3 is 5.97 Å². The zero-order valence-electron chi connectivity index (χ0n) is 9.68. The first-order chi connectivity index (χ1) is 8.11. The lowest BCUT2D eigenvalue weighted by molar-refractivity contribution is -0.137. The second-order valence-electron chi connectivity index (χ2n) is 3.96. The Hall–Kier alpha value is -2.09. The monoisotopic (exact) mass is 233 g/mol. The van der Waals surface area contributed by atoms with E-state index in [1.54, 1.807) is 18.3 Å². The molecule has 0 fully saturated rings. The van der Waals surface area contributed by atoms with Crippen molar-refractivity contribution in [2.75, 3.05) is 11.9 Å². The molecule has 0 saturated carbocycles. The molecular weight excluding hydrogens is 218 g/mol. The normalized spacial score (nSPS) is 11.5. The highest BCUT2D eigenvalue weighted by Gasteiger charge is 2.05. The van der Waals surface area contributed by atoms with Crippen molar-refractivity contribution >= 4 is 11.7 Å². The number of nitrogens with zero attached hydrogens (tertiary/aromatic N) is 2. The minimum atomic E-state index is -0.771. The highest BCUT2D eigenvalue weighted by Crippen LogP contribution is 2.10. The molecule has 1 aromatic rings. The molecule has 1 atom stereocenters. The molecule has 0 aliphatic heterocycles. The summed E-state index contributed by atoms with van der Waals surface area (Å²) in [5, 5.41) is 20.4. The van der Waals surface area contributed by atoms with Gasteiger partial charge in [-0.1, -0.05) is 6.92 Å². The third-order valence-electron chi connectivity index (χ3n) is 2.38. The van der Waals surface area contributed by atoms with E-state index in [2.05, 4.69) is 10.3 Å². The van der Waals surface area contributed by atoms with Gasteiger partial charge in [-0.15, -0.1) is 0 Å². The van der Waals surface area contributed by atoms with E-state index in [1.165, 1.54) is 0 Å². The summed E-state index contributed by atoms with van der Waals surface area (Å²) in [6, 6.07) is 5.42. The molecule has 0 spiro atoms. The van der Waals surface area contributed by atoms with E-state index in [-0.39, 0.29) is 12.3 Å². The number of carbonyl (C=O) groups is 1. The molecule has 1 unspecified atom stereocenters. The molecule has 0 aliphatic carbocycles. The van der Waals surface area contributed by atoms with Crippen molar-refractivity contribution in [3.8, 4) is 6.07 Å². The quantitative estimate of drug-likeness (QED) is 0.783. The van der Waals surface area contributed by atoms with Crippen molar-refractivity contribution in [3.63, 3.8) is 0 Å². The van der Waals surface area contributed by atoms with E-state index >= 15 is 0 Å². The van der Waals surface area contributed by atoms with Crippen LogP contribution in [0.15, 0.2) is 18.3 Å². The largest absolute Gasteiger partial charge is 0.481 e. The summed E-state index contributed by atoms with van der Waals surface area (Å²) in [6.07, 6.45) is 2.39. The predicted octanol–water partition coefficient (Wildman–Crippen LogP) is 1.87. The van der Waals surface area contributed by atoms with E-state index in [1.807, 2.05) is 13.0 Å². The van der Waals surface area contributed by atoms with Crippen LogP contribution >= 0.6 is 0 Å². The van der Waals surface area contributed by atoms with E-state index < -0.39 is 5.97 Å². The molecule has 90 valence electrons. The van der Waals surface area contributed by atoms with Crippen LogP contribution in [0.25, 0.3) is 0 Å². The van der Waals surface area contributed by atoms with Crippen molar-refractivity contribution < 1.29 is 9.90 Å². The molecule has 5 heteroatoms. The Morgan fingerprint density at radius 2 is 2.47 bits per heavy atom. The van der Waals surface area contributed by atoms with Gasteiger partial charge in [0, 0.05) is 24.8 Å². The average molecular weight is 233 g/mol. The lowest BCUT2D eigenvalue weighted by Gasteiger charge is -2.12. The smallest absolute Gasteiger partial charge is 0.303 e. The van der Waals surface area contributed by atoms with Crippen LogP contribution < -0.4 is 5.32 Å². The minimum absolute atomic E-state index is 0.183. The number of hydrogen-bond acceptors (Lipinski definition) is 4. The summed E-state index contributed by atoms with van der Waals surface area (Å²) in [5.41, 5.74) is 1.20. The van der Waals surface area contributed by atoms with E-state index in [9.17, 15) is 4.79 Å². The molecule has 0 bridgehead atoms. The molecule has 0 saturated heterocycles. The van der Waals surface area contributed by atoms with E-state index in [4.69, 9.17) is 10.4 Å². The predicted molar refractivity (Wildman–Crippen MR) is 63.5 cm³/mol. The Morgan fingerprint density at radius 3 is 3.12 bits per heavy atom. The van der Waals surface area contributed by atoms with Gasteiger partial charge in [0.2, 0.25) is 0 Å². The number of pyridine rings is 1. The van der Waals surface area contributed by atoms with Gasteiger partial charge < -0.3 is 10.4 Å². The molecule has 5 nitrogen and oxygen atoms in total. The van der Waals surface area contributed by atoms with Crippen LogP contribution in [0.5, 0.6) is 0 Å². The minimum Gasteiger partial charge on any atom is -0.481 e. The van der Waals surface area contributed by atoms with Crippen molar-refractivity contribution in [2.45, 2.75) is 19.8 Å². The van der Waals surface area contributed by atoms with Crippen LogP contribution in [-0.4, -0.2) is 22.6 Å². The van der Waals surface area contributed by atoms with Gasteiger partial charge in [0.15, 0.2) is 0 Å². The van der Waals surface area contributed by atoms with Crippen molar-refractivity contribution in [2.24, 2.45) is 5.92 Å². The summed E-state index contributed by atoms with van der Waals surface area (Å²) in [6.45, 7) is 2.67. The summed E-state index contributed by atoms with van der Waals surface area (Å²) >= 11 is 0. The van der Waals surface area contributed by atoms with E-state index in [0.29, 0.717) is 18.7 Å². The summed E-state index contributed by atoms with van der Waals surface area (Å²) < 4.78 is 0. The maximum atomic E-state index is 10.4. The van der Waals surface area contributed by atoms with Crippen LogP contribution in [0.4, 0.5) is 5.69 Å². The van der Waals surface area contributed by atoms with Gasteiger partial charge in [0.05, 0.1) is 0 Å². The number of anilines is 1. The fraction of sp³-hybridized carbons (Fsp3) is 0.417. The number of nitriles is 1. The lowest BCUT2D eigenvalue weighted by Crippen LogP contribution is -2.12. The molecule has 0 amide bonds. The topological polar surface area (TPSA) is 86.0 Å². The van der Waals surface area contributed by atoms with Gasteiger partial charge in [-0.3, -0.25) is 4.79 Å². The SMILES string of the molecule is CC(CCC(=O)O)CNc1ccnc(C#N)c1.